The van der Waals surface area contributed by atoms with Crippen LogP contribution in [0.1, 0.15) is 56.1 Å². The molecule has 3 aromatic rings. The number of rotatable bonds is 12. The number of hydrogen-bond donors (Lipinski definition) is 3. The predicted molar refractivity (Wildman–Crippen MR) is 171 cm³/mol. The average molecular weight is 606 g/mol. The minimum atomic E-state index is -0.771. The molecule has 5 rings (SSSR count). The maximum atomic E-state index is 13.8. The summed E-state index contributed by atoms with van der Waals surface area (Å²) < 4.78 is 16.4. The number of aromatic nitrogens is 1. The molecule has 10 heteroatoms. The fraction of sp³-hybridized carbons (Fsp3) is 0.529. The van der Waals surface area contributed by atoms with E-state index in [0.29, 0.717) is 23.3 Å². The van der Waals surface area contributed by atoms with Crippen LogP contribution in [0.2, 0.25) is 0 Å². The summed E-state index contributed by atoms with van der Waals surface area (Å²) in [5.74, 6) is 0.831. The molecule has 2 aromatic carbocycles. The minimum Gasteiger partial charge on any atom is -0.493 e. The van der Waals surface area contributed by atoms with Gasteiger partial charge in [0.05, 0.1) is 27.9 Å². The summed E-state index contributed by atoms with van der Waals surface area (Å²) in [4.78, 5) is 35.4. The molecule has 0 bridgehead atoms. The second-order valence-corrected chi connectivity index (χ2v) is 12.0. The minimum absolute atomic E-state index is 0.143. The molecule has 1 aliphatic heterocycles. The molecule has 44 heavy (non-hydrogen) atoms. The smallest absolute Gasteiger partial charge is 0.243 e. The van der Waals surface area contributed by atoms with Crippen molar-refractivity contribution >= 4 is 22.7 Å². The van der Waals surface area contributed by atoms with Gasteiger partial charge in [0.15, 0.2) is 11.5 Å². The summed E-state index contributed by atoms with van der Waals surface area (Å²) in [5.41, 5.74) is 2.76. The first-order valence-corrected chi connectivity index (χ1v) is 15.8. The Hall–Kier alpha value is -3.76. The Labute approximate surface area is 260 Å². The number of nitrogens with zero attached hydrogens (tertiary/aromatic N) is 2. The number of amides is 2. The molecule has 2 fully saturated rings. The lowest BCUT2D eigenvalue weighted by Crippen LogP contribution is -2.55. The average Bonchev–Trinajstić information content (AvgIpc) is 3.50. The second-order valence-electron chi connectivity index (χ2n) is 12.0. The summed E-state index contributed by atoms with van der Waals surface area (Å²) in [6, 6.07) is 11.5. The number of fused-ring (bicyclic) bond motifs is 1. The zero-order valence-electron chi connectivity index (χ0n) is 26.5. The zero-order chi connectivity index (χ0) is 31.1. The van der Waals surface area contributed by atoms with Gasteiger partial charge in [-0.1, -0.05) is 44.4 Å². The maximum absolute atomic E-state index is 13.8. The van der Waals surface area contributed by atoms with Crippen LogP contribution in [0.4, 0.5) is 0 Å². The van der Waals surface area contributed by atoms with E-state index in [9.17, 15) is 9.59 Å². The van der Waals surface area contributed by atoms with Crippen molar-refractivity contribution in [1.29, 1.82) is 0 Å². The molecule has 3 N–H and O–H groups in total. The SMILES string of the molecule is COc1cc(CNC(=O)C(NC(=O)CN2CCN(C3CCCCC3)CC2)C(C)c2c[nH]c3ccccc23)cc(OC)c1OC. The highest BCUT2D eigenvalue weighted by Gasteiger charge is 2.31. The lowest BCUT2D eigenvalue weighted by molar-refractivity contribution is -0.130. The quantitative estimate of drug-likeness (QED) is 0.286. The van der Waals surface area contributed by atoms with Gasteiger partial charge < -0.3 is 29.8 Å². The molecular weight excluding hydrogens is 558 g/mol. The Morgan fingerprint density at radius 1 is 0.955 bits per heavy atom. The maximum Gasteiger partial charge on any atom is 0.243 e. The van der Waals surface area contributed by atoms with Crippen LogP contribution < -0.4 is 24.8 Å². The van der Waals surface area contributed by atoms with Crippen molar-refractivity contribution in [2.45, 2.75) is 63.6 Å². The first kappa shape index (κ1) is 31.7. The van der Waals surface area contributed by atoms with E-state index in [-0.39, 0.29) is 30.8 Å². The predicted octanol–water partition coefficient (Wildman–Crippen LogP) is 4.05. The molecule has 2 unspecified atom stereocenters. The van der Waals surface area contributed by atoms with E-state index in [1.54, 1.807) is 21.3 Å². The fourth-order valence-corrected chi connectivity index (χ4v) is 6.76. The number of aromatic amines is 1. The highest BCUT2D eigenvalue weighted by atomic mass is 16.5. The van der Waals surface area contributed by atoms with E-state index in [1.165, 1.54) is 32.1 Å². The van der Waals surface area contributed by atoms with Gasteiger partial charge in [0.1, 0.15) is 6.04 Å². The summed E-state index contributed by atoms with van der Waals surface area (Å²) in [6.45, 7) is 6.19. The molecule has 2 heterocycles. The van der Waals surface area contributed by atoms with Crippen LogP contribution >= 0.6 is 0 Å². The number of benzene rings is 2. The Balaban J connectivity index is 1.27. The third-order valence-corrected chi connectivity index (χ3v) is 9.27. The lowest BCUT2D eigenvalue weighted by Gasteiger charge is -2.40. The Bertz CT molecular complexity index is 1390. The van der Waals surface area contributed by atoms with Gasteiger partial charge in [0.2, 0.25) is 17.6 Å². The van der Waals surface area contributed by atoms with Crippen molar-refractivity contribution < 1.29 is 23.8 Å². The highest BCUT2D eigenvalue weighted by molar-refractivity contribution is 5.91. The van der Waals surface area contributed by atoms with Crippen molar-refractivity contribution in [2.24, 2.45) is 0 Å². The van der Waals surface area contributed by atoms with Crippen molar-refractivity contribution in [3.63, 3.8) is 0 Å². The van der Waals surface area contributed by atoms with Gasteiger partial charge in [-0.3, -0.25) is 19.4 Å². The zero-order valence-corrected chi connectivity index (χ0v) is 26.5. The molecule has 2 aliphatic rings. The largest absolute Gasteiger partial charge is 0.493 e. The van der Waals surface area contributed by atoms with E-state index in [1.807, 2.05) is 49.5 Å². The molecule has 10 nitrogen and oxygen atoms in total. The first-order chi connectivity index (χ1) is 21.4. The molecule has 0 spiro atoms. The van der Waals surface area contributed by atoms with Gasteiger partial charge >= 0.3 is 0 Å². The number of piperazine rings is 1. The van der Waals surface area contributed by atoms with Gasteiger partial charge in [-0.05, 0) is 42.2 Å². The van der Waals surface area contributed by atoms with Crippen molar-refractivity contribution in [3.05, 3.63) is 53.7 Å². The number of methoxy groups -OCH3 is 3. The molecule has 1 aromatic heterocycles. The molecule has 2 atom stereocenters. The summed E-state index contributed by atoms with van der Waals surface area (Å²) in [5, 5.41) is 7.18. The second kappa shape index (κ2) is 14.8. The molecule has 1 saturated carbocycles. The summed E-state index contributed by atoms with van der Waals surface area (Å²) >= 11 is 0. The molecular formula is C34H47N5O5. The summed E-state index contributed by atoms with van der Waals surface area (Å²) in [6.07, 6.45) is 8.52. The molecule has 1 saturated heterocycles. The number of H-pyrrole nitrogens is 1. The number of ether oxygens (including phenoxy) is 3. The number of nitrogens with one attached hydrogen (secondary N) is 3. The van der Waals surface area contributed by atoms with E-state index in [4.69, 9.17) is 14.2 Å². The van der Waals surface area contributed by atoms with Gasteiger partial charge in [-0.15, -0.1) is 0 Å². The van der Waals surface area contributed by atoms with E-state index >= 15 is 0 Å². The van der Waals surface area contributed by atoms with E-state index in [0.717, 1.165) is 48.2 Å². The van der Waals surface area contributed by atoms with Gasteiger partial charge in [-0.25, -0.2) is 0 Å². The van der Waals surface area contributed by atoms with Crippen LogP contribution in [0.15, 0.2) is 42.6 Å². The highest BCUT2D eigenvalue weighted by Crippen LogP contribution is 2.38. The normalized spacial score (nSPS) is 18.0. The Morgan fingerprint density at radius 3 is 2.30 bits per heavy atom. The Kier molecular flexibility index (Phi) is 10.7. The first-order valence-electron chi connectivity index (χ1n) is 15.8. The van der Waals surface area contributed by atoms with Crippen LogP contribution in [0.3, 0.4) is 0 Å². The van der Waals surface area contributed by atoms with Crippen LogP contribution in [0.5, 0.6) is 17.2 Å². The third kappa shape index (κ3) is 7.30. The van der Waals surface area contributed by atoms with E-state index in [2.05, 4.69) is 25.4 Å². The molecule has 0 radical (unpaired) electrons. The van der Waals surface area contributed by atoms with Crippen LogP contribution in [0, 0.1) is 0 Å². The van der Waals surface area contributed by atoms with Gasteiger partial charge in [0, 0.05) is 61.8 Å². The van der Waals surface area contributed by atoms with Crippen LogP contribution in [-0.4, -0.2) is 92.7 Å². The monoisotopic (exact) mass is 605 g/mol. The molecule has 238 valence electrons. The molecule has 1 aliphatic carbocycles. The van der Waals surface area contributed by atoms with Crippen molar-refractivity contribution in [3.8, 4) is 17.2 Å². The van der Waals surface area contributed by atoms with Gasteiger partial charge in [0.25, 0.3) is 0 Å². The van der Waals surface area contributed by atoms with Crippen LogP contribution in [-0.2, 0) is 16.1 Å². The number of hydrogen-bond acceptors (Lipinski definition) is 7. The number of carbonyl (C=O) groups is 2. The molecule has 2 amide bonds. The Morgan fingerprint density at radius 2 is 1.64 bits per heavy atom. The third-order valence-electron chi connectivity index (χ3n) is 9.27. The number of carbonyl (C=O) groups excluding carboxylic acids is 2. The topological polar surface area (TPSA) is 108 Å². The van der Waals surface area contributed by atoms with Crippen molar-refractivity contribution in [2.75, 3.05) is 54.1 Å². The number of para-hydroxylation sites is 1. The van der Waals surface area contributed by atoms with Crippen LogP contribution in [0.25, 0.3) is 10.9 Å². The standard InChI is InChI=1S/C34H47N5O5/c1-23(27-21-35-28-13-9-8-12-26(27)28)32(34(41)36-20-24-18-29(42-2)33(44-4)30(19-24)43-3)37-31(40)22-38-14-16-39(17-15-38)25-10-6-5-7-11-25/h8-9,12-13,18-19,21,23,25,32,35H,5-7,10-11,14-17,20,22H2,1-4H3,(H,36,41)(H,37,40). The fourth-order valence-electron chi connectivity index (χ4n) is 6.76. The van der Waals surface area contributed by atoms with Gasteiger partial charge in [-0.2, -0.15) is 0 Å². The van der Waals surface area contributed by atoms with E-state index < -0.39 is 6.04 Å². The summed E-state index contributed by atoms with van der Waals surface area (Å²) in [7, 11) is 4.67. The van der Waals surface area contributed by atoms with Crippen molar-refractivity contribution in [1.82, 2.24) is 25.4 Å². The lowest BCUT2D eigenvalue weighted by atomic mass is 9.92.